The number of aliphatic hydroxyl groups is 1. The number of ether oxygens (including phenoxy) is 4. The molecule has 0 aliphatic heterocycles. The Balaban J connectivity index is 5.21. The summed E-state index contributed by atoms with van der Waals surface area (Å²) in [6, 6.07) is 0. The molecule has 19 heteroatoms. The number of phosphoric acid groups is 2. The Morgan fingerprint density at radius 3 is 0.738 bits per heavy atom. The van der Waals surface area contributed by atoms with Gasteiger partial charge >= 0.3 is 39.5 Å². The number of hydrogen-bond donors (Lipinski definition) is 3. The maximum Gasteiger partial charge on any atom is 0.472 e. The third-order valence-corrected chi connectivity index (χ3v) is 21.9. The molecule has 0 aliphatic rings. The van der Waals surface area contributed by atoms with Crippen LogP contribution in [0.15, 0.2) is 0 Å². The van der Waals surface area contributed by atoms with Gasteiger partial charge in [0, 0.05) is 25.7 Å². The van der Waals surface area contributed by atoms with E-state index in [-0.39, 0.29) is 25.7 Å². The van der Waals surface area contributed by atoms with E-state index in [1.165, 1.54) is 244 Å². The molecule has 0 fully saturated rings. The molecule has 3 N–H and O–H groups in total. The maximum atomic E-state index is 13.1. The standard InChI is InChI=1S/C84H164O17P2/c1-8-10-11-12-13-14-15-16-17-18-19-20-21-22-23-26-30-33-39-44-53-60-67-83(88)100-79(71-94-81(86)65-58-51-43-38-32-29-27-24-25-28-31-36-41-48-55-62-75(3)4)73-98-102(90,91)96-69-78(85)70-97-103(92,93)99-74-80(72-95-82(87)66-59-52-47-46-49-56-63-76(5)6)101-84(89)68-61-54-45-40-35-34-37-42-50-57-64-77(7)9-2/h75-80,85H,8-74H2,1-7H3,(H,90,91)(H,92,93)/t77?,78-,79-,80-/m1/s1. The van der Waals surface area contributed by atoms with Crippen LogP contribution in [0, 0.1) is 17.8 Å². The predicted octanol–water partition coefficient (Wildman–Crippen LogP) is 25.3. The number of esters is 4. The van der Waals surface area contributed by atoms with Crippen LogP contribution in [0.4, 0.5) is 0 Å². The number of unbranched alkanes of at least 4 members (excludes halogenated alkanes) is 49. The number of hydrogen-bond acceptors (Lipinski definition) is 15. The molecular formula is C84H164O17P2. The minimum Gasteiger partial charge on any atom is -0.462 e. The lowest BCUT2D eigenvalue weighted by molar-refractivity contribution is -0.161. The summed E-state index contributed by atoms with van der Waals surface area (Å²) in [5.41, 5.74) is 0. The summed E-state index contributed by atoms with van der Waals surface area (Å²) in [5, 5.41) is 10.7. The van der Waals surface area contributed by atoms with Crippen LogP contribution in [-0.2, 0) is 65.4 Å². The zero-order valence-corrected chi connectivity index (χ0v) is 69.6. The molecule has 0 spiro atoms. The second kappa shape index (κ2) is 74.2. The Bertz CT molecular complexity index is 1990. The summed E-state index contributed by atoms with van der Waals surface area (Å²) in [5.74, 6) is 0.177. The van der Waals surface area contributed by atoms with Gasteiger partial charge in [0.05, 0.1) is 26.4 Å². The fraction of sp³-hybridized carbons (Fsp3) is 0.952. The van der Waals surface area contributed by atoms with Crippen molar-refractivity contribution in [2.75, 3.05) is 39.6 Å². The van der Waals surface area contributed by atoms with Crippen molar-refractivity contribution < 1.29 is 80.2 Å². The third-order valence-electron chi connectivity index (χ3n) is 20.0. The second-order valence-corrected chi connectivity index (χ2v) is 34.3. The predicted molar refractivity (Wildman–Crippen MR) is 423 cm³/mol. The van der Waals surface area contributed by atoms with Gasteiger partial charge in [0.1, 0.15) is 19.3 Å². The molecule has 0 heterocycles. The molecule has 0 amide bonds. The van der Waals surface area contributed by atoms with Crippen molar-refractivity contribution in [2.24, 2.45) is 17.8 Å². The Hall–Kier alpha value is -1.94. The molecule has 0 rings (SSSR count). The summed E-state index contributed by atoms with van der Waals surface area (Å²) in [6.45, 7) is 11.9. The van der Waals surface area contributed by atoms with Crippen molar-refractivity contribution in [3.63, 3.8) is 0 Å². The van der Waals surface area contributed by atoms with Crippen LogP contribution < -0.4 is 0 Å². The van der Waals surface area contributed by atoms with Crippen LogP contribution in [0.1, 0.15) is 440 Å². The zero-order chi connectivity index (χ0) is 75.8. The normalized spacial score (nSPS) is 14.2. The van der Waals surface area contributed by atoms with Gasteiger partial charge < -0.3 is 33.8 Å². The smallest absolute Gasteiger partial charge is 0.462 e. The monoisotopic (exact) mass is 1510 g/mol. The van der Waals surface area contributed by atoms with Gasteiger partial charge in [0.15, 0.2) is 12.2 Å². The highest BCUT2D eigenvalue weighted by Gasteiger charge is 2.30. The molecule has 612 valence electrons. The van der Waals surface area contributed by atoms with Gasteiger partial charge in [0.25, 0.3) is 0 Å². The van der Waals surface area contributed by atoms with Crippen molar-refractivity contribution in [1.29, 1.82) is 0 Å². The molecule has 0 aromatic carbocycles. The van der Waals surface area contributed by atoms with E-state index < -0.39 is 97.5 Å². The SMILES string of the molecule is CCCCCCCCCCCCCCCCCCCCCCCCC(=O)O[C@H](COC(=O)CCCCCCCCCCCCCCCCCC(C)C)COP(=O)(O)OC[C@@H](O)COP(=O)(O)OC[C@@H](COC(=O)CCCCCCCCC(C)C)OC(=O)CCCCCCCCCCCCC(C)CC. The topological polar surface area (TPSA) is 237 Å². The first kappa shape index (κ1) is 101. The summed E-state index contributed by atoms with van der Waals surface area (Å²) >= 11 is 0. The summed E-state index contributed by atoms with van der Waals surface area (Å²) in [4.78, 5) is 73.1. The first-order chi connectivity index (χ1) is 49.8. The van der Waals surface area contributed by atoms with Gasteiger partial charge in [-0.1, -0.05) is 389 Å². The summed E-state index contributed by atoms with van der Waals surface area (Å²) in [7, 11) is -9.92. The van der Waals surface area contributed by atoms with Crippen LogP contribution in [0.2, 0.25) is 0 Å². The number of phosphoric ester groups is 2. The van der Waals surface area contributed by atoms with E-state index in [2.05, 4.69) is 48.5 Å². The molecule has 0 aromatic rings. The van der Waals surface area contributed by atoms with E-state index in [9.17, 15) is 43.2 Å². The first-order valence-corrected chi connectivity index (χ1v) is 46.4. The van der Waals surface area contributed by atoms with Gasteiger partial charge in [-0.05, 0) is 43.4 Å². The van der Waals surface area contributed by atoms with Crippen molar-refractivity contribution in [3.05, 3.63) is 0 Å². The van der Waals surface area contributed by atoms with Crippen LogP contribution in [0.3, 0.4) is 0 Å². The van der Waals surface area contributed by atoms with Crippen LogP contribution in [0.25, 0.3) is 0 Å². The van der Waals surface area contributed by atoms with Crippen LogP contribution in [-0.4, -0.2) is 96.7 Å². The van der Waals surface area contributed by atoms with E-state index in [0.717, 1.165) is 108 Å². The average Bonchev–Trinajstić information content (AvgIpc) is 0.913. The quantitative estimate of drug-likeness (QED) is 0.0222. The highest BCUT2D eigenvalue weighted by molar-refractivity contribution is 7.47. The lowest BCUT2D eigenvalue weighted by Gasteiger charge is -2.21. The van der Waals surface area contributed by atoms with E-state index in [0.29, 0.717) is 31.6 Å². The molecule has 0 saturated heterocycles. The second-order valence-electron chi connectivity index (χ2n) is 31.4. The molecule has 17 nitrogen and oxygen atoms in total. The van der Waals surface area contributed by atoms with E-state index in [1.54, 1.807) is 0 Å². The number of carbonyl (C=O) groups excluding carboxylic acids is 4. The first-order valence-electron chi connectivity index (χ1n) is 43.4. The van der Waals surface area contributed by atoms with Crippen molar-refractivity contribution in [2.45, 2.75) is 458 Å². The van der Waals surface area contributed by atoms with Crippen molar-refractivity contribution in [3.8, 4) is 0 Å². The molecule has 0 aromatic heterocycles. The fourth-order valence-corrected chi connectivity index (χ4v) is 14.6. The highest BCUT2D eigenvalue weighted by Crippen LogP contribution is 2.45. The minimum atomic E-state index is -4.96. The van der Waals surface area contributed by atoms with E-state index in [4.69, 9.17) is 37.0 Å². The van der Waals surface area contributed by atoms with E-state index >= 15 is 0 Å². The number of carbonyl (C=O) groups is 4. The van der Waals surface area contributed by atoms with Crippen LogP contribution >= 0.6 is 15.6 Å². The third kappa shape index (κ3) is 76.6. The minimum absolute atomic E-state index is 0.105. The number of aliphatic hydroxyl groups excluding tert-OH is 1. The van der Waals surface area contributed by atoms with Gasteiger partial charge in [-0.25, -0.2) is 9.13 Å². The fourth-order valence-electron chi connectivity index (χ4n) is 13.0. The molecule has 103 heavy (non-hydrogen) atoms. The van der Waals surface area contributed by atoms with Crippen molar-refractivity contribution >= 4 is 39.5 Å². The zero-order valence-electron chi connectivity index (χ0n) is 67.8. The Labute approximate surface area is 632 Å². The molecule has 6 atom stereocenters. The van der Waals surface area contributed by atoms with Crippen LogP contribution in [0.5, 0.6) is 0 Å². The molecule has 0 aliphatic carbocycles. The molecular weight excluding hydrogens is 1340 g/mol. The van der Waals surface area contributed by atoms with Gasteiger partial charge in [-0.2, -0.15) is 0 Å². The Kier molecular flexibility index (Phi) is 72.8. The molecule has 0 bridgehead atoms. The molecule has 0 saturated carbocycles. The maximum absolute atomic E-state index is 13.1. The summed E-state index contributed by atoms with van der Waals surface area (Å²) < 4.78 is 68.8. The molecule has 0 radical (unpaired) electrons. The van der Waals surface area contributed by atoms with Gasteiger partial charge in [-0.15, -0.1) is 0 Å². The van der Waals surface area contributed by atoms with Gasteiger partial charge in [-0.3, -0.25) is 37.3 Å². The Morgan fingerprint density at radius 1 is 0.282 bits per heavy atom. The number of rotatable bonds is 82. The average molecular weight is 1510 g/mol. The van der Waals surface area contributed by atoms with E-state index in [1.807, 2.05) is 0 Å². The largest absolute Gasteiger partial charge is 0.472 e. The lowest BCUT2D eigenvalue weighted by atomic mass is 9.99. The lowest BCUT2D eigenvalue weighted by Crippen LogP contribution is -2.30. The summed E-state index contributed by atoms with van der Waals surface area (Å²) in [6.07, 6.45) is 64.1. The Morgan fingerprint density at radius 2 is 0.495 bits per heavy atom. The van der Waals surface area contributed by atoms with Gasteiger partial charge in [0.2, 0.25) is 0 Å². The van der Waals surface area contributed by atoms with Crippen molar-refractivity contribution in [1.82, 2.24) is 0 Å². The molecule has 3 unspecified atom stereocenters. The highest BCUT2D eigenvalue weighted by atomic mass is 31.2.